The molecular formula is C20H19BrN2O5S2. The van der Waals surface area contributed by atoms with Gasteiger partial charge in [0.1, 0.15) is 5.75 Å². The molecule has 2 heterocycles. The van der Waals surface area contributed by atoms with Gasteiger partial charge < -0.3 is 4.74 Å². The minimum atomic E-state index is -3.75. The molecule has 2 saturated heterocycles. The van der Waals surface area contributed by atoms with Crippen molar-refractivity contribution in [3.63, 3.8) is 0 Å². The first-order valence-corrected chi connectivity index (χ1v) is 12.5. The van der Waals surface area contributed by atoms with E-state index in [1.54, 1.807) is 18.9 Å². The molecule has 2 amide bonds. The number of halogens is 1. The predicted octanol–water partition coefficient (Wildman–Crippen LogP) is 3.55. The van der Waals surface area contributed by atoms with Gasteiger partial charge in [-0.1, -0.05) is 6.07 Å². The van der Waals surface area contributed by atoms with Gasteiger partial charge in [-0.25, -0.2) is 8.42 Å². The van der Waals surface area contributed by atoms with Gasteiger partial charge in [-0.05, 0) is 57.9 Å². The van der Waals surface area contributed by atoms with Crippen LogP contribution in [-0.4, -0.2) is 43.9 Å². The number of thioether (sulfide) groups is 1. The second kappa shape index (κ2) is 8.33. The third kappa shape index (κ3) is 3.77. The number of ether oxygens (including phenoxy) is 1. The van der Waals surface area contributed by atoms with Crippen LogP contribution in [0, 0.1) is 0 Å². The highest BCUT2D eigenvalue weighted by Crippen LogP contribution is 2.43. The van der Waals surface area contributed by atoms with Crippen LogP contribution in [0.1, 0.15) is 23.8 Å². The van der Waals surface area contributed by atoms with E-state index in [2.05, 4.69) is 15.9 Å². The highest BCUT2D eigenvalue weighted by atomic mass is 79.9. The van der Waals surface area contributed by atoms with Gasteiger partial charge in [0.05, 0.1) is 27.5 Å². The van der Waals surface area contributed by atoms with Crippen molar-refractivity contribution >= 4 is 55.2 Å². The maximum atomic E-state index is 13.3. The molecule has 1 atom stereocenters. The molecule has 0 aliphatic carbocycles. The molecule has 2 aliphatic heterocycles. The molecule has 2 aliphatic rings. The Morgan fingerprint density at radius 2 is 1.73 bits per heavy atom. The summed E-state index contributed by atoms with van der Waals surface area (Å²) in [6.45, 7) is 0.395. The molecule has 0 bridgehead atoms. The van der Waals surface area contributed by atoms with Crippen molar-refractivity contribution in [3.05, 3.63) is 52.5 Å². The molecule has 0 saturated carbocycles. The molecule has 4 rings (SSSR count). The molecule has 0 N–H and O–H groups in total. The van der Waals surface area contributed by atoms with Crippen molar-refractivity contribution in [3.8, 4) is 5.75 Å². The molecule has 0 aromatic heterocycles. The SMILES string of the molecule is COc1ccc(C2SCCN2S(=O)(=O)c2ccc(N3C(=O)CCC3=O)cc2)cc1Br. The fourth-order valence-electron chi connectivity index (χ4n) is 3.57. The Kier molecular flexibility index (Phi) is 5.93. The van der Waals surface area contributed by atoms with Crippen LogP contribution in [0.15, 0.2) is 51.8 Å². The lowest BCUT2D eigenvalue weighted by molar-refractivity contribution is -0.121. The number of benzene rings is 2. The molecule has 1 unspecified atom stereocenters. The second-order valence-electron chi connectivity index (χ2n) is 6.85. The van der Waals surface area contributed by atoms with Crippen LogP contribution in [0.25, 0.3) is 0 Å². The Balaban J connectivity index is 1.61. The lowest BCUT2D eigenvalue weighted by atomic mass is 10.2. The molecule has 7 nitrogen and oxygen atoms in total. The number of amides is 2. The van der Waals surface area contributed by atoms with Crippen LogP contribution >= 0.6 is 27.7 Å². The molecule has 158 valence electrons. The maximum Gasteiger partial charge on any atom is 0.244 e. The summed E-state index contributed by atoms with van der Waals surface area (Å²) in [4.78, 5) is 25.1. The standard InChI is InChI=1S/C20H19BrN2O5S2/c1-28-17-7-2-13(12-16(17)21)20-22(10-11-29-20)30(26,27)15-5-3-14(4-6-15)23-18(24)8-9-19(23)25/h2-7,12,20H,8-11H2,1H3. The van der Waals surface area contributed by atoms with Gasteiger partial charge in [0.25, 0.3) is 0 Å². The van der Waals surface area contributed by atoms with E-state index in [0.29, 0.717) is 23.7 Å². The summed E-state index contributed by atoms with van der Waals surface area (Å²) in [7, 11) is -2.18. The zero-order chi connectivity index (χ0) is 21.5. The third-order valence-corrected chi connectivity index (χ3v) is 8.96. The fraction of sp³-hybridized carbons (Fsp3) is 0.300. The van der Waals surface area contributed by atoms with Crippen molar-refractivity contribution in [1.82, 2.24) is 4.31 Å². The molecule has 10 heteroatoms. The van der Waals surface area contributed by atoms with Gasteiger partial charge in [-0.3, -0.25) is 14.5 Å². The molecule has 2 aromatic carbocycles. The van der Waals surface area contributed by atoms with E-state index in [9.17, 15) is 18.0 Å². The molecule has 0 spiro atoms. The third-order valence-electron chi connectivity index (χ3n) is 5.06. The zero-order valence-electron chi connectivity index (χ0n) is 16.1. The smallest absolute Gasteiger partial charge is 0.244 e. The maximum absolute atomic E-state index is 13.3. The summed E-state index contributed by atoms with van der Waals surface area (Å²) >= 11 is 5.02. The Bertz CT molecular complexity index is 1090. The first-order valence-electron chi connectivity index (χ1n) is 9.25. The van der Waals surface area contributed by atoms with Crippen molar-refractivity contribution in [2.45, 2.75) is 23.1 Å². The predicted molar refractivity (Wildman–Crippen MR) is 118 cm³/mol. The molecular weight excluding hydrogens is 492 g/mol. The van der Waals surface area contributed by atoms with Crippen molar-refractivity contribution in [2.24, 2.45) is 0 Å². The van der Waals surface area contributed by atoms with Crippen LogP contribution in [0.4, 0.5) is 5.69 Å². The number of imide groups is 1. The van der Waals surface area contributed by atoms with Crippen molar-refractivity contribution in [2.75, 3.05) is 24.3 Å². The number of anilines is 1. The largest absolute Gasteiger partial charge is 0.496 e. The van der Waals surface area contributed by atoms with Gasteiger partial charge >= 0.3 is 0 Å². The van der Waals surface area contributed by atoms with Crippen LogP contribution in [0.2, 0.25) is 0 Å². The molecule has 2 aromatic rings. The lowest BCUT2D eigenvalue weighted by Crippen LogP contribution is -2.31. The monoisotopic (exact) mass is 510 g/mol. The number of hydrogen-bond donors (Lipinski definition) is 0. The van der Waals surface area contributed by atoms with Gasteiger partial charge in [0, 0.05) is 25.1 Å². The minimum Gasteiger partial charge on any atom is -0.496 e. The average molecular weight is 511 g/mol. The normalized spacial score (nSPS) is 20.2. The van der Waals surface area contributed by atoms with Crippen LogP contribution < -0.4 is 9.64 Å². The number of carbonyl (C=O) groups excluding carboxylic acids is 2. The average Bonchev–Trinajstić information content (AvgIpc) is 3.35. The van der Waals surface area contributed by atoms with E-state index in [4.69, 9.17) is 4.74 Å². The Morgan fingerprint density at radius 3 is 2.33 bits per heavy atom. The van der Waals surface area contributed by atoms with Crippen molar-refractivity contribution < 1.29 is 22.7 Å². The molecule has 0 radical (unpaired) electrons. The highest BCUT2D eigenvalue weighted by Gasteiger charge is 2.37. The summed E-state index contributed by atoms with van der Waals surface area (Å²) in [6.07, 6.45) is 0.367. The van der Waals surface area contributed by atoms with E-state index >= 15 is 0 Å². The highest BCUT2D eigenvalue weighted by molar-refractivity contribution is 9.10. The van der Waals surface area contributed by atoms with E-state index in [-0.39, 0.29) is 34.9 Å². The van der Waals surface area contributed by atoms with E-state index in [1.165, 1.54) is 28.6 Å². The van der Waals surface area contributed by atoms with Gasteiger partial charge in [0.15, 0.2) is 0 Å². The zero-order valence-corrected chi connectivity index (χ0v) is 19.3. The summed E-state index contributed by atoms with van der Waals surface area (Å²) in [5.74, 6) is 0.828. The van der Waals surface area contributed by atoms with Gasteiger partial charge in [0.2, 0.25) is 21.8 Å². The summed E-state index contributed by atoms with van der Waals surface area (Å²) < 4.78 is 34.1. The quantitative estimate of drug-likeness (QED) is 0.571. The molecule has 2 fully saturated rings. The first kappa shape index (κ1) is 21.4. The van der Waals surface area contributed by atoms with Gasteiger partial charge in [-0.2, -0.15) is 4.31 Å². The number of nitrogens with zero attached hydrogens (tertiary/aromatic N) is 2. The fourth-order valence-corrected chi connectivity index (χ4v) is 7.36. The summed E-state index contributed by atoms with van der Waals surface area (Å²) in [5.41, 5.74) is 1.26. The number of carbonyl (C=O) groups is 2. The Morgan fingerprint density at radius 1 is 1.07 bits per heavy atom. The summed E-state index contributed by atoms with van der Waals surface area (Å²) in [6, 6.07) is 11.5. The Labute approximate surface area is 187 Å². The van der Waals surface area contributed by atoms with E-state index in [1.807, 2.05) is 18.2 Å². The topological polar surface area (TPSA) is 84.0 Å². The van der Waals surface area contributed by atoms with Gasteiger partial charge in [-0.15, -0.1) is 11.8 Å². The summed E-state index contributed by atoms with van der Waals surface area (Å²) in [5, 5.41) is -0.348. The van der Waals surface area contributed by atoms with E-state index in [0.717, 1.165) is 14.9 Å². The number of methoxy groups -OCH3 is 1. The Hall–Kier alpha value is -1.88. The molecule has 30 heavy (non-hydrogen) atoms. The number of rotatable bonds is 5. The first-order chi connectivity index (χ1) is 14.3. The van der Waals surface area contributed by atoms with Crippen molar-refractivity contribution in [1.29, 1.82) is 0 Å². The number of sulfonamides is 1. The lowest BCUT2D eigenvalue weighted by Gasteiger charge is -2.24. The number of hydrogen-bond acceptors (Lipinski definition) is 6. The minimum absolute atomic E-state index is 0.130. The van der Waals surface area contributed by atoms with Crippen LogP contribution in [0.3, 0.4) is 0 Å². The van der Waals surface area contributed by atoms with E-state index < -0.39 is 10.0 Å². The van der Waals surface area contributed by atoms with Crippen LogP contribution in [0.5, 0.6) is 5.75 Å². The second-order valence-corrected chi connectivity index (χ2v) is 10.8. The van der Waals surface area contributed by atoms with Crippen LogP contribution in [-0.2, 0) is 19.6 Å².